The fraction of sp³-hybridized carbons (Fsp3) is 0.400. The van der Waals surface area contributed by atoms with Gasteiger partial charge in [0.2, 0.25) is 0 Å². The second-order valence-electron chi connectivity index (χ2n) is 8.73. The molecule has 2 saturated heterocycles. The van der Waals surface area contributed by atoms with E-state index in [0.717, 1.165) is 16.8 Å². The third kappa shape index (κ3) is 4.93. The Kier molecular flexibility index (Phi) is 6.44. The van der Waals surface area contributed by atoms with E-state index < -0.39 is 11.8 Å². The number of urea groups is 1. The summed E-state index contributed by atoms with van der Waals surface area (Å²) in [5.74, 6) is -0.859. The number of likely N-dealkylation sites (tertiary alicyclic amines) is 1. The lowest BCUT2D eigenvalue weighted by atomic mass is 10.0. The summed E-state index contributed by atoms with van der Waals surface area (Å²) in [4.78, 5) is 43.2. The smallest absolute Gasteiger partial charge is 0.321 e. The Labute approximate surface area is 189 Å². The van der Waals surface area contributed by atoms with Gasteiger partial charge >= 0.3 is 17.8 Å². The average molecular weight is 435 g/mol. The first-order valence-electron chi connectivity index (χ1n) is 11.2. The van der Waals surface area contributed by atoms with Gasteiger partial charge in [-0.3, -0.25) is 9.59 Å². The number of amides is 4. The van der Waals surface area contributed by atoms with Crippen molar-refractivity contribution in [3.05, 3.63) is 65.2 Å². The molecule has 4 rings (SSSR count). The first-order chi connectivity index (χ1) is 15.4. The highest BCUT2D eigenvalue weighted by atomic mass is 16.2. The molecule has 4 amide bonds. The fourth-order valence-electron chi connectivity index (χ4n) is 4.32. The number of carbonyl (C=O) groups excluding carboxylic acids is 3. The zero-order chi connectivity index (χ0) is 22.7. The third-order valence-corrected chi connectivity index (χ3v) is 6.33. The van der Waals surface area contributed by atoms with Crippen molar-refractivity contribution in [2.24, 2.45) is 0 Å². The van der Waals surface area contributed by atoms with E-state index >= 15 is 0 Å². The third-order valence-electron chi connectivity index (χ3n) is 6.33. The molecule has 0 unspecified atom stereocenters. The molecule has 168 valence electrons. The molecule has 7 nitrogen and oxygen atoms in total. The molecule has 2 fully saturated rings. The van der Waals surface area contributed by atoms with E-state index in [1.54, 1.807) is 14.7 Å². The van der Waals surface area contributed by atoms with Crippen LogP contribution in [0.15, 0.2) is 48.5 Å². The van der Waals surface area contributed by atoms with Crippen LogP contribution >= 0.6 is 0 Å². The fourth-order valence-corrected chi connectivity index (χ4v) is 4.32. The van der Waals surface area contributed by atoms with Crippen molar-refractivity contribution in [1.82, 2.24) is 14.7 Å². The number of nitrogens with one attached hydrogen (secondary N) is 1. The lowest BCUT2D eigenvalue weighted by molar-refractivity contribution is -0.158. The first kappa shape index (κ1) is 21.9. The molecule has 2 aromatic carbocycles. The van der Waals surface area contributed by atoms with Crippen LogP contribution in [0.3, 0.4) is 0 Å². The van der Waals surface area contributed by atoms with Crippen LogP contribution < -0.4 is 5.32 Å². The van der Waals surface area contributed by atoms with Crippen molar-refractivity contribution in [1.29, 1.82) is 0 Å². The summed E-state index contributed by atoms with van der Waals surface area (Å²) >= 11 is 0. The molecule has 2 aliphatic rings. The lowest BCUT2D eigenvalue weighted by Gasteiger charge is -2.42. The summed E-state index contributed by atoms with van der Waals surface area (Å²) in [5.41, 5.74) is 4.10. The molecule has 0 bridgehead atoms. The molecule has 0 atom stereocenters. The van der Waals surface area contributed by atoms with Gasteiger partial charge in [-0.05, 0) is 44.4 Å². The van der Waals surface area contributed by atoms with Gasteiger partial charge in [0.05, 0.1) is 0 Å². The van der Waals surface area contributed by atoms with Gasteiger partial charge in [-0.1, -0.05) is 47.5 Å². The predicted molar refractivity (Wildman–Crippen MR) is 123 cm³/mol. The summed E-state index contributed by atoms with van der Waals surface area (Å²) in [6.07, 6.45) is 1.36. The summed E-state index contributed by atoms with van der Waals surface area (Å²) in [6, 6.07) is 15.6. The van der Waals surface area contributed by atoms with E-state index in [1.807, 2.05) is 62.4 Å². The molecule has 0 aromatic heterocycles. The van der Waals surface area contributed by atoms with Gasteiger partial charge in [0.15, 0.2) is 0 Å². The van der Waals surface area contributed by atoms with Gasteiger partial charge in [0.25, 0.3) is 0 Å². The SMILES string of the molecule is Cc1ccc(CN2CCN(C3CCN(C(=O)Nc4ccc(C)cc4)CC3)C(=O)C2=O)cc1. The molecule has 1 N–H and O–H groups in total. The molecule has 2 aliphatic heterocycles. The first-order valence-corrected chi connectivity index (χ1v) is 11.2. The van der Waals surface area contributed by atoms with Gasteiger partial charge in [0, 0.05) is 44.5 Å². The van der Waals surface area contributed by atoms with Crippen LogP contribution in [0.25, 0.3) is 0 Å². The molecule has 32 heavy (non-hydrogen) atoms. The summed E-state index contributed by atoms with van der Waals surface area (Å²) in [5, 5.41) is 2.93. The Morgan fingerprint density at radius 3 is 2.06 bits per heavy atom. The normalized spacial score (nSPS) is 17.6. The van der Waals surface area contributed by atoms with Gasteiger partial charge in [-0.2, -0.15) is 0 Å². The molecular formula is C25H30N4O3. The van der Waals surface area contributed by atoms with Gasteiger partial charge < -0.3 is 20.0 Å². The van der Waals surface area contributed by atoms with Crippen LogP contribution in [-0.2, 0) is 16.1 Å². The quantitative estimate of drug-likeness (QED) is 0.752. The number of aryl methyl sites for hydroxylation is 2. The van der Waals surface area contributed by atoms with Gasteiger partial charge in [-0.15, -0.1) is 0 Å². The highest BCUT2D eigenvalue weighted by molar-refractivity contribution is 6.35. The number of piperidine rings is 1. The van der Waals surface area contributed by atoms with E-state index in [0.29, 0.717) is 45.6 Å². The predicted octanol–water partition coefficient (Wildman–Crippen LogP) is 3.17. The monoisotopic (exact) mass is 434 g/mol. The van der Waals surface area contributed by atoms with E-state index in [-0.39, 0.29) is 12.1 Å². The molecule has 2 aromatic rings. The Hall–Kier alpha value is -3.35. The largest absolute Gasteiger partial charge is 0.330 e. The van der Waals surface area contributed by atoms with Crippen LogP contribution in [0.4, 0.5) is 10.5 Å². The maximum atomic E-state index is 12.8. The van der Waals surface area contributed by atoms with Crippen LogP contribution in [0.1, 0.15) is 29.5 Å². The summed E-state index contributed by atoms with van der Waals surface area (Å²) < 4.78 is 0. The van der Waals surface area contributed by atoms with Crippen molar-refractivity contribution in [3.8, 4) is 0 Å². The van der Waals surface area contributed by atoms with Crippen LogP contribution in [0.5, 0.6) is 0 Å². The number of nitrogens with zero attached hydrogens (tertiary/aromatic N) is 3. The Morgan fingerprint density at radius 2 is 1.44 bits per heavy atom. The van der Waals surface area contributed by atoms with Crippen molar-refractivity contribution in [3.63, 3.8) is 0 Å². The van der Waals surface area contributed by atoms with Crippen molar-refractivity contribution in [2.45, 2.75) is 39.3 Å². The maximum absolute atomic E-state index is 12.8. The lowest BCUT2D eigenvalue weighted by Crippen LogP contribution is -2.59. The van der Waals surface area contributed by atoms with Crippen molar-refractivity contribution in [2.75, 3.05) is 31.5 Å². The number of carbonyl (C=O) groups is 3. The highest BCUT2D eigenvalue weighted by Gasteiger charge is 2.38. The number of benzene rings is 2. The molecule has 7 heteroatoms. The van der Waals surface area contributed by atoms with Crippen molar-refractivity contribution < 1.29 is 14.4 Å². The zero-order valence-electron chi connectivity index (χ0n) is 18.7. The van der Waals surface area contributed by atoms with Gasteiger partial charge in [-0.25, -0.2) is 4.79 Å². The van der Waals surface area contributed by atoms with E-state index in [1.165, 1.54) is 5.56 Å². The standard InChI is InChI=1S/C25H30N4O3/c1-18-3-7-20(8-4-18)17-28-15-16-29(24(31)23(28)30)22-11-13-27(14-12-22)25(32)26-21-9-5-19(2)6-10-21/h3-10,22H,11-17H2,1-2H3,(H,26,32). The molecule has 0 saturated carbocycles. The minimum atomic E-state index is -0.434. The highest BCUT2D eigenvalue weighted by Crippen LogP contribution is 2.21. The summed E-state index contributed by atoms with van der Waals surface area (Å²) in [7, 11) is 0. The number of hydrogen-bond donors (Lipinski definition) is 1. The Morgan fingerprint density at radius 1 is 0.844 bits per heavy atom. The minimum Gasteiger partial charge on any atom is -0.330 e. The minimum absolute atomic E-state index is 0.00333. The van der Waals surface area contributed by atoms with Crippen LogP contribution in [-0.4, -0.2) is 64.8 Å². The number of rotatable bonds is 4. The van der Waals surface area contributed by atoms with Crippen LogP contribution in [0.2, 0.25) is 0 Å². The van der Waals surface area contributed by atoms with Crippen LogP contribution in [0, 0.1) is 13.8 Å². The molecule has 2 heterocycles. The van der Waals surface area contributed by atoms with Gasteiger partial charge in [0.1, 0.15) is 0 Å². The number of piperazine rings is 1. The number of anilines is 1. The number of hydrogen-bond acceptors (Lipinski definition) is 3. The van der Waals surface area contributed by atoms with E-state index in [4.69, 9.17) is 0 Å². The van der Waals surface area contributed by atoms with Crippen molar-refractivity contribution >= 4 is 23.5 Å². The zero-order valence-corrected chi connectivity index (χ0v) is 18.7. The molecule has 0 radical (unpaired) electrons. The molecular weight excluding hydrogens is 404 g/mol. The molecule has 0 aliphatic carbocycles. The Balaban J connectivity index is 1.28. The maximum Gasteiger partial charge on any atom is 0.321 e. The average Bonchev–Trinajstić information content (AvgIpc) is 2.80. The topological polar surface area (TPSA) is 73.0 Å². The Bertz CT molecular complexity index is 979. The second-order valence-corrected chi connectivity index (χ2v) is 8.73. The second kappa shape index (κ2) is 9.42. The molecule has 0 spiro atoms. The summed E-state index contributed by atoms with van der Waals surface area (Å²) in [6.45, 7) is 6.68. The van der Waals surface area contributed by atoms with E-state index in [2.05, 4.69) is 5.32 Å². The van der Waals surface area contributed by atoms with E-state index in [9.17, 15) is 14.4 Å².